The van der Waals surface area contributed by atoms with Crippen molar-refractivity contribution < 1.29 is 23.8 Å². The highest BCUT2D eigenvalue weighted by Gasteiger charge is 2.30. The molecule has 1 amide bonds. The van der Waals surface area contributed by atoms with Crippen LogP contribution in [0, 0.1) is 5.41 Å². The molecule has 0 aliphatic carbocycles. The van der Waals surface area contributed by atoms with Crippen molar-refractivity contribution in [2.75, 3.05) is 25.2 Å². The maximum Gasteiger partial charge on any atom is 0.329 e. The largest absolute Gasteiger partial charge is 0.459 e. The number of ether oxygens (including phenoxy) is 3. The summed E-state index contributed by atoms with van der Waals surface area (Å²) in [5.74, 6) is -0.202. The van der Waals surface area contributed by atoms with E-state index in [2.05, 4.69) is 24.1 Å². The molecule has 0 unspecified atom stereocenters. The predicted molar refractivity (Wildman–Crippen MR) is 157 cm³/mol. The minimum atomic E-state index is -0.792. The summed E-state index contributed by atoms with van der Waals surface area (Å²) in [5.41, 5.74) is 3.54. The zero-order chi connectivity index (χ0) is 28.1. The molecular formula is C31H35N3O5S. The third-order valence-electron chi connectivity index (χ3n) is 6.91. The SMILES string of the molecule is CSCC[C@H](NC(=O)c1cc2c([nH]c3ccccc32)c(CC2OCC(C)(C)CO2)n1)C(=O)OCc1ccccc1. The number of carbonyl (C=O) groups excluding carboxylic acids is 2. The number of nitrogens with zero attached hydrogens (tertiary/aromatic N) is 1. The number of carbonyl (C=O) groups is 2. The summed E-state index contributed by atoms with van der Waals surface area (Å²) in [5, 5.41) is 4.76. The van der Waals surface area contributed by atoms with Crippen LogP contribution in [0.2, 0.25) is 0 Å². The molecule has 9 heteroatoms. The van der Waals surface area contributed by atoms with Crippen LogP contribution in [0.1, 0.15) is 42.0 Å². The Morgan fingerprint density at radius 2 is 1.82 bits per heavy atom. The highest BCUT2D eigenvalue weighted by molar-refractivity contribution is 7.98. The van der Waals surface area contributed by atoms with Gasteiger partial charge in [0.05, 0.1) is 24.4 Å². The second-order valence-electron chi connectivity index (χ2n) is 10.9. The third-order valence-corrected chi connectivity index (χ3v) is 7.55. The lowest BCUT2D eigenvalue weighted by Crippen LogP contribution is -2.42. The summed E-state index contributed by atoms with van der Waals surface area (Å²) in [6.07, 6.45) is 2.33. The molecule has 1 atom stereocenters. The summed E-state index contributed by atoms with van der Waals surface area (Å²) < 4.78 is 17.5. The molecule has 1 aliphatic rings. The van der Waals surface area contributed by atoms with E-state index in [1.165, 1.54) is 0 Å². The molecule has 1 saturated heterocycles. The van der Waals surface area contributed by atoms with Crippen molar-refractivity contribution in [2.24, 2.45) is 5.41 Å². The number of aromatic nitrogens is 2. The summed E-state index contributed by atoms with van der Waals surface area (Å²) >= 11 is 1.60. The fraction of sp³-hybridized carbons (Fsp3) is 0.387. The molecule has 0 spiro atoms. The maximum atomic E-state index is 13.6. The van der Waals surface area contributed by atoms with Gasteiger partial charge in [0.1, 0.15) is 18.3 Å². The molecule has 2 aromatic heterocycles. The first kappa shape index (κ1) is 28.1. The number of thioether (sulfide) groups is 1. The van der Waals surface area contributed by atoms with E-state index in [0.717, 1.165) is 27.4 Å². The van der Waals surface area contributed by atoms with Crippen LogP contribution in [-0.2, 0) is 32.0 Å². The van der Waals surface area contributed by atoms with Gasteiger partial charge in [0.25, 0.3) is 5.91 Å². The molecule has 0 saturated carbocycles. The number of amides is 1. The van der Waals surface area contributed by atoms with Gasteiger partial charge in [-0.2, -0.15) is 11.8 Å². The number of H-pyrrole nitrogens is 1. The Morgan fingerprint density at radius 1 is 1.10 bits per heavy atom. The highest BCUT2D eigenvalue weighted by Crippen LogP contribution is 2.30. The quantitative estimate of drug-likeness (QED) is 0.255. The molecule has 3 heterocycles. The predicted octanol–water partition coefficient (Wildman–Crippen LogP) is 5.25. The summed E-state index contributed by atoms with van der Waals surface area (Å²) in [6.45, 7) is 5.50. The monoisotopic (exact) mass is 561 g/mol. The standard InChI is InChI=1S/C31H35N3O5S/c1-31(2)18-38-27(39-19-31)16-25-28-22(21-11-7-8-12-23(21)33-28)15-26(32-25)29(35)34-24(13-14-40-3)30(36)37-17-20-9-5-4-6-10-20/h4-12,15,24,27,33H,13-14,16-19H2,1-3H3,(H,34,35)/t24-/m0/s1. The van der Waals surface area contributed by atoms with Crippen LogP contribution in [0.15, 0.2) is 60.7 Å². The molecule has 0 bridgehead atoms. The van der Waals surface area contributed by atoms with Gasteiger partial charge < -0.3 is 24.5 Å². The van der Waals surface area contributed by atoms with Gasteiger partial charge in [-0.15, -0.1) is 0 Å². The number of rotatable bonds is 10. The van der Waals surface area contributed by atoms with E-state index in [1.807, 2.05) is 60.9 Å². The number of nitrogens with one attached hydrogen (secondary N) is 2. The Morgan fingerprint density at radius 3 is 2.58 bits per heavy atom. The van der Waals surface area contributed by atoms with Crippen LogP contribution < -0.4 is 5.32 Å². The lowest BCUT2D eigenvalue weighted by atomic mass is 9.95. The second-order valence-corrected chi connectivity index (χ2v) is 11.9. The summed E-state index contributed by atoms with van der Waals surface area (Å²) in [6, 6.07) is 18.4. The number of fused-ring (bicyclic) bond motifs is 3. The molecule has 1 fully saturated rings. The van der Waals surface area contributed by atoms with Gasteiger partial charge in [0.2, 0.25) is 0 Å². The second kappa shape index (κ2) is 12.4. The Kier molecular flexibility index (Phi) is 8.73. The number of hydrogen-bond donors (Lipinski definition) is 2. The molecule has 40 heavy (non-hydrogen) atoms. The zero-order valence-corrected chi connectivity index (χ0v) is 23.9. The number of esters is 1. The van der Waals surface area contributed by atoms with Gasteiger partial charge in [-0.25, -0.2) is 9.78 Å². The van der Waals surface area contributed by atoms with Crippen LogP contribution in [0.5, 0.6) is 0 Å². The number of para-hydroxylation sites is 1. The van der Waals surface area contributed by atoms with Crippen LogP contribution in [-0.4, -0.2) is 59.4 Å². The molecule has 2 aromatic carbocycles. The van der Waals surface area contributed by atoms with E-state index in [1.54, 1.807) is 17.8 Å². The van der Waals surface area contributed by atoms with Crippen LogP contribution in [0.4, 0.5) is 0 Å². The Bertz CT molecular complexity index is 1480. The van der Waals surface area contributed by atoms with Crippen LogP contribution in [0.3, 0.4) is 0 Å². The first-order chi connectivity index (χ1) is 19.3. The first-order valence-corrected chi connectivity index (χ1v) is 14.9. The van der Waals surface area contributed by atoms with Gasteiger partial charge in [0.15, 0.2) is 6.29 Å². The fourth-order valence-corrected chi connectivity index (χ4v) is 5.20. The fourth-order valence-electron chi connectivity index (χ4n) is 4.72. The van der Waals surface area contributed by atoms with Crippen LogP contribution >= 0.6 is 11.8 Å². The Balaban J connectivity index is 1.40. The summed E-state index contributed by atoms with van der Waals surface area (Å²) in [7, 11) is 0. The molecule has 5 rings (SSSR count). The molecule has 1 aliphatic heterocycles. The van der Waals surface area contributed by atoms with Gasteiger partial charge in [-0.1, -0.05) is 62.4 Å². The van der Waals surface area contributed by atoms with Crippen molar-refractivity contribution in [2.45, 2.75) is 45.6 Å². The van der Waals surface area contributed by atoms with E-state index >= 15 is 0 Å². The number of hydrogen-bond acceptors (Lipinski definition) is 7. The number of benzene rings is 2. The number of aromatic amines is 1. The average molecular weight is 562 g/mol. The zero-order valence-electron chi connectivity index (χ0n) is 23.1. The minimum absolute atomic E-state index is 0.0526. The smallest absolute Gasteiger partial charge is 0.329 e. The van der Waals surface area contributed by atoms with E-state index in [9.17, 15) is 9.59 Å². The molecule has 2 N–H and O–H groups in total. The first-order valence-electron chi connectivity index (χ1n) is 13.5. The van der Waals surface area contributed by atoms with Gasteiger partial charge in [-0.3, -0.25) is 4.79 Å². The number of pyridine rings is 1. The third kappa shape index (κ3) is 6.66. The molecular weight excluding hydrogens is 526 g/mol. The van der Waals surface area contributed by atoms with E-state index in [0.29, 0.717) is 37.5 Å². The van der Waals surface area contributed by atoms with Gasteiger partial charge in [0, 0.05) is 28.1 Å². The molecule has 210 valence electrons. The summed E-state index contributed by atoms with van der Waals surface area (Å²) in [4.78, 5) is 34.8. The molecule has 0 radical (unpaired) electrons. The van der Waals surface area contributed by atoms with Crippen molar-refractivity contribution in [3.05, 3.63) is 77.6 Å². The lowest BCUT2D eigenvalue weighted by molar-refractivity contribution is -0.220. The van der Waals surface area contributed by atoms with E-state index in [-0.39, 0.29) is 17.7 Å². The lowest BCUT2D eigenvalue weighted by Gasteiger charge is -2.34. The van der Waals surface area contributed by atoms with Crippen molar-refractivity contribution in [1.82, 2.24) is 15.3 Å². The van der Waals surface area contributed by atoms with Crippen molar-refractivity contribution >= 4 is 45.4 Å². The van der Waals surface area contributed by atoms with Gasteiger partial charge >= 0.3 is 5.97 Å². The van der Waals surface area contributed by atoms with E-state index < -0.39 is 24.2 Å². The molecule has 4 aromatic rings. The Labute approximate surface area is 238 Å². The normalized spacial score (nSPS) is 16.2. The minimum Gasteiger partial charge on any atom is -0.459 e. The Hall–Kier alpha value is -3.40. The average Bonchev–Trinajstić information content (AvgIpc) is 3.34. The van der Waals surface area contributed by atoms with Crippen molar-refractivity contribution in [1.29, 1.82) is 0 Å². The van der Waals surface area contributed by atoms with Crippen LogP contribution in [0.25, 0.3) is 21.8 Å². The van der Waals surface area contributed by atoms with Gasteiger partial charge in [-0.05, 0) is 36.1 Å². The van der Waals surface area contributed by atoms with E-state index in [4.69, 9.17) is 19.2 Å². The molecule has 8 nitrogen and oxygen atoms in total. The highest BCUT2D eigenvalue weighted by atomic mass is 32.2. The van der Waals surface area contributed by atoms with Crippen molar-refractivity contribution in [3.63, 3.8) is 0 Å². The van der Waals surface area contributed by atoms with Crippen molar-refractivity contribution in [3.8, 4) is 0 Å². The topological polar surface area (TPSA) is 103 Å². The maximum absolute atomic E-state index is 13.6.